The number of carbonyl (C=O) groups is 1. The quantitative estimate of drug-likeness (QED) is 0.328. The molecule has 0 aromatic rings. The number of hydrogen-bond donors (Lipinski definition) is 5. The van der Waals surface area contributed by atoms with E-state index in [1.807, 2.05) is 0 Å². The Balaban J connectivity index is 2.15. The average Bonchev–Trinajstić information content (AvgIpc) is 2.60. The van der Waals surface area contributed by atoms with Crippen molar-refractivity contribution in [2.45, 2.75) is 102 Å². The van der Waals surface area contributed by atoms with Gasteiger partial charge in [-0.05, 0) is 6.42 Å². The fraction of sp³-hybridized carbons (Fsp3) is 0.944. The third kappa shape index (κ3) is 8.00. The van der Waals surface area contributed by atoms with Crippen molar-refractivity contribution in [1.29, 1.82) is 0 Å². The van der Waals surface area contributed by atoms with Gasteiger partial charge in [0.15, 0.2) is 6.23 Å². The van der Waals surface area contributed by atoms with Gasteiger partial charge in [-0.3, -0.25) is 4.79 Å². The van der Waals surface area contributed by atoms with E-state index in [9.17, 15) is 20.1 Å². The predicted octanol–water partition coefficient (Wildman–Crippen LogP) is 0.823. The maximum Gasteiger partial charge on any atom is 0.222 e. The highest BCUT2D eigenvalue weighted by Crippen LogP contribution is 2.20. The molecule has 0 bridgehead atoms. The Labute approximate surface area is 150 Å². The van der Waals surface area contributed by atoms with Crippen molar-refractivity contribution in [1.82, 2.24) is 5.32 Å². The maximum absolute atomic E-state index is 11.9. The fourth-order valence-electron chi connectivity index (χ4n) is 3.05. The van der Waals surface area contributed by atoms with Gasteiger partial charge in [-0.1, -0.05) is 58.3 Å². The van der Waals surface area contributed by atoms with Crippen molar-refractivity contribution >= 4 is 5.91 Å². The molecular weight excluding hydrogens is 326 g/mol. The molecule has 0 aromatic carbocycles. The Morgan fingerprint density at radius 1 is 0.880 bits per heavy atom. The van der Waals surface area contributed by atoms with E-state index < -0.39 is 37.3 Å². The van der Waals surface area contributed by atoms with Gasteiger partial charge in [0.25, 0.3) is 0 Å². The van der Waals surface area contributed by atoms with Gasteiger partial charge in [-0.15, -0.1) is 0 Å². The normalized spacial score (nSPS) is 29.6. The van der Waals surface area contributed by atoms with Gasteiger partial charge < -0.3 is 30.5 Å². The summed E-state index contributed by atoms with van der Waals surface area (Å²) < 4.78 is 5.25. The first kappa shape index (κ1) is 22.3. The van der Waals surface area contributed by atoms with Crippen LogP contribution in [0.4, 0.5) is 0 Å². The molecule has 1 aliphatic heterocycles. The molecule has 148 valence electrons. The zero-order chi connectivity index (χ0) is 18.7. The monoisotopic (exact) mass is 361 g/mol. The van der Waals surface area contributed by atoms with E-state index in [0.717, 1.165) is 19.3 Å². The predicted molar refractivity (Wildman–Crippen MR) is 93.8 cm³/mol. The molecule has 25 heavy (non-hydrogen) atoms. The van der Waals surface area contributed by atoms with Crippen LogP contribution in [0.1, 0.15) is 71.1 Å². The van der Waals surface area contributed by atoms with Crippen LogP contribution in [-0.2, 0) is 9.53 Å². The summed E-state index contributed by atoms with van der Waals surface area (Å²) in [6.45, 7) is 1.70. The van der Waals surface area contributed by atoms with E-state index in [2.05, 4.69) is 12.2 Å². The minimum atomic E-state index is -1.47. The zero-order valence-corrected chi connectivity index (χ0v) is 15.3. The molecule has 1 rings (SSSR count). The summed E-state index contributed by atoms with van der Waals surface area (Å²) in [5.41, 5.74) is 0. The number of nitrogens with one attached hydrogen (secondary N) is 1. The molecule has 1 heterocycles. The molecule has 1 saturated heterocycles. The van der Waals surface area contributed by atoms with Crippen molar-refractivity contribution in [2.24, 2.45) is 0 Å². The van der Waals surface area contributed by atoms with Crippen molar-refractivity contribution in [2.75, 3.05) is 6.61 Å². The van der Waals surface area contributed by atoms with E-state index in [1.54, 1.807) is 0 Å². The number of hydrogen-bond acceptors (Lipinski definition) is 6. The Kier molecular flexibility index (Phi) is 11.2. The lowest BCUT2D eigenvalue weighted by Crippen LogP contribution is -2.63. The van der Waals surface area contributed by atoms with Gasteiger partial charge in [0, 0.05) is 6.42 Å². The van der Waals surface area contributed by atoms with E-state index in [0.29, 0.717) is 6.42 Å². The van der Waals surface area contributed by atoms with E-state index in [-0.39, 0.29) is 5.91 Å². The summed E-state index contributed by atoms with van der Waals surface area (Å²) in [4.78, 5) is 11.9. The van der Waals surface area contributed by atoms with Gasteiger partial charge in [-0.25, -0.2) is 0 Å². The lowest BCUT2D eigenvalue weighted by Gasteiger charge is -2.40. The first-order chi connectivity index (χ1) is 12.0. The second-order valence-electron chi connectivity index (χ2n) is 6.90. The van der Waals surface area contributed by atoms with Crippen LogP contribution < -0.4 is 5.32 Å². The molecular formula is C18H35NO6. The molecule has 0 aromatic heterocycles. The number of rotatable bonds is 12. The number of carbonyl (C=O) groups excluding carboxylic acids is 1. The second-order valence-corrected chi connectivity index (χ2v) is 6.90. The zero-order valence-electron chi connectivity index (χ0n) is 15.3. The first-order valence-electron chi connectivity index (χ1n) is 9.61. The summed E-state index contributed by atoms with van der Waals surface area (Å²) in [5.74, 6) is -0.271. The number of aliphatic hydroxyl groups excluding tert-OH is 4. The number of unbranched alkanes of at least 4 members (excludes halogenated alkanes) is 8. The van der Waals surface area contributed by atoms with Gasteiger partial charge in [0.2, 0.25) is 5.91 Å². The molecule has 1 fully saturated rings. The third-order valence-electron chi connectivity index (χ3n) is 4.70. The molecule has 0 aliphatic carbocycles. The maximum atomic E-state index is 11.9. The molecule has 0 saturated carbocycles. The molecule has 7 nitrogen and oxygen atoms in total. The third-order valence-corrected chi connectivity index (χ3v) is 4.70. The van der Waals surface area contributed by atoms with Crippen LogP contribution in [0, 0.1) is 0 Å². The smallest absolute Gasteiger partial charge is 0.222 e. The van der Waals surface area contributed by atoms with Crippen molar-refractivity contribution in [3.63, 3.8) is 0 Å². The average molecular weight is 361 g/mol. The topological polar surface area (TPSA) is 119 Å². The standard InChI is InChI=1S/C18H35NO6/c1-2-3-4-5-6-7-8-9-10-11-14(21)19-18-17(24)16(23)15(22)13(12-20)25-18/h13,15-18,20,22-24H,2-12H2,1H3,(H,19,21)/t13-,15-,16+,17+,18-/m1/s1. The first-order valence-corrected chi connectivity index (χ1v) is 9.61. The van der Waals surface area contributed by atoms with Crippen molar-refractivity contribution in [3.8, 4) is 0 Å². The Morgan fingerprint density at radius 3 is 2.00 bits per heavy atom. The van der Waals surface area contributed by atoms with Crippen LogP contribution in [0.2, 0.25) is 0 Å². The number of aliphatic hydroxyl groups is 4. The van der Waals surface area contributed by atoms with Gasteiger partial charge in [-0.2, -0.15) is 0 Å². The molecule has 5 N–H and O–H groups in total. The molecule has 1 amide bonds. The minimum Gasteiger partial charge on any atom is -0.394 e. The highest BCUT2D eigenvalue weighted by Gasteiger charge is 2.43. The number of ether oxygens (including phenoxy) is 1. The summed E-state index contributed by atoms with van der Waals surface area (Å²) >= 11 is 0. The molecule has 1 aliphatic rings. The molecule has 0 unspecified atom stereocenters. The highest BCUT2D eigenvalue weighted by atomic mass is 16.6. The lowest BCUT2D eigenvalue weighted by molar-refractivity contribution is -0.236. The summed E-state index contributed by atoms with van der Waals surface area (Å²) in [6, 6.07) is 0. The SMILES string of the molecule is CCCCCCCCCCCC(=O)N[C@@H]1O[C@H](CO)[C@@H](O)[C@H](O)[C@@H]1O. The van der Waals surface area contributed by atoms with Crippen molar-refractivity contribution < 1.29 is 30.0 Å². The summed E-state index contributed by atoms with van der Waals surface area (Å²) in [5, 5.41) is 40.9. The lowest BCUT2D eigenvalue weighted by atomic mass is 9.98. The second kappa shape index (κ2) is 12.6. The fourth-order valence-corrected chi connectivity index (χ4v) is 3.05. The van der Waals surface area contributed by atoms with Gasteiger partial charge >= 0.3 is 0 Å². The molecule has 0 spiro atoms. The molecule has 5 atom stereocenters. The Hall–Kier alpha value is -0.730. The van der Waals surface area contributed by atoms with Crippen molar-refractivity contribution in [3.05, 3.63) is 0 Å². The van der Waals surface area contributed by atoms with Crippen LogP contribution in [0.25, 0.3) is 0 Å². The summed E-state index contributed by atoms with van der Waals surface area (Å²) in [7, 11) is 0. The Bertz CT molecular complexity index is 365. The van der Waals surface area contributed by atoms with Gasteiger partial charge in [0.05, 0.1) is 6.61 Å². The van der Waals surface area contributed by atoms with E-state index in [1.165, 1.54) is 38.5 Å². The number of amides is 1. The molecule has 0 radical (unpaired) electrons. The van der Waals surface area contributed by atoms with Crippen LogP contribution in [0.5, 0.6) is 0 Å². The Morgan fingerprint density at radius 2 is 1.44 bits per heavy atom. The van der Waals surface area contributed by atoms with Gasteiger partial charge in [0.1, 0.15) is 24.4 Å². The van der Waals surface area contributed by atoms with Crippen LogP contribution in [-0.4, -0.2) is 63.6 Å². The largest absolute Gasteiger partial charge is 0.394 e. The summed E-state index contributed by atoms with van der Waals surface area (Å²) in [6.07, 6.45) is 4.33. The van der Waals surface area contributed by atoms with E-state index >= 15 is 0 Å². The van der Waals surface area contributed by atoms with E-state index in [4.69, 9.17) is 9.84 Å². The van der Waals surface area contributed by atoms with Crippen LogP contribution >= 0.6 is 0 Å². The van der Waals surface area contributed by atoms with Crippen LogP contribution in [0.3, 0.4) is 0 Å². The minimum absolute atomic E-state index is 0.271. The highest BCUT2D eigenvalue weighted by molar-refractivity contribution is 5.76. The molecule has 7 heteroatoms. The van der Waals surface area contributed by atoms with Crippen LogP contribution in [0.15, 0.2) is 0 Å².